The first-order valence-corrected chi connectivity index (χ1v) is 3.88. The van der Waals surface area contributed by atoms with Gasteiger partial charge in [0.25, 0.3) is 0 Å². The molecule has 0 amide bonds. The number of hydrogen-bond acceptors (Lipinski definition) is 3. The fourth-order valence-electron chi connectivity index (χ4n) is 1.57. The Kier molecular flexibility index (Phi) is 1.94. The predicted octanol–water partition coefficient (Wildman–Crippen LogP) is 1.09. The van der Waals surface area contributed by atoms with Gasteiger partial charge in [-0.05, 0) is 26.8 Å². The van der Waals surface area contributed by atoms with Gasteiger partial charge in [0.1, 0.15) is 0 Å². The number of rotatable bonds is 0. The molecule has 1 aliphatic rings. The third-order valence-corrected chi connectivity index (χ3v) is 2.10. The summed E-state index contributed by atoms with van der Waals surface area (Å²) in [5.74, 6) is 0. The molecule has 0 bridgehead atoms. The van der Waals surface area contributed by atoms with Crippen molar-refractivity contribution >= 4 is 0 Å². The van der Waals surface area contributed by atoms with Crippen molar-refractivity contribution in [1.82, 2.24) is 5.06 Å². The Morgan fingerprint density at radius 2 is 2.27 bits per heavy atom. The first kappa shape index (κ1) is 8.56. The normalized spacial score (nSPS) is 31.6. The highest BCUT2D eigenvalue weighted by atomic mass is 16.5. The molecule has 1 aliphatic heterocycles. The molecule has 3 nitrogen and oxygen atoms in total. The third-order valence-electron chi connectivity index (χ3n) is 2.10. The van der Waals surface area contributed by atoms with Crippen molar-refractivity contribution < 1.29 is 5.21 Å². The smallest absolute Gasteiger partial charge is 0.0527 e. The molecule has 3 N–H and O–H groups in total. The average molecular weight is 156 g/mol. The molecule has 11 heavy (non-hydrogen) atoms. The predicted molar refractivity (Wildman–Crippen MR) is 44.1 cm³/mol. The monoisotopic (exact) mass is 156 g/mol. The van der Waals surface area contributed by atoms with Crippen LogP contribution < -0.4 is 5.73 Å². The van der Waals surface area contributed by atoms with Crippen LogP contribution in [0.1, 0.15) is 27.2 Å². The van der Waals surface area contributed by atoms with E-state index in [-0.39, 0.29) is 11.6 Å². The minimum absolute atomic E-state index is 0.0266. The number of nitrogens with two attached hydrogens (primary N) is 1. The van der Waals surface area contributed by atoms with Crippen LogP contribution in [0.15, 0.2) is 11.8 Å². The molecule has 0 aromatic rings. The van der Waals surface area contributed by atoms with Crippen molar-refractivity contribution in [3.63, 3.8) is 0 Å². The molecule has 0 saturated carbocycles. The van der Waals surface area contributed by atoms with Crippen molar-refractivity contribution in [2.75, 3.05) is 0 Å². The summed E-state index contributed by atoms with van der Waals surface area (Å²) in [4.78, 5) is 0. The average Bonchev–Trinajstić information content (AvgIpc) is 1.81. The SMILES string of the molecule is CC1C=C(N)CC(C)(C)N1O. The van der Waals surface area contributed by atoms with Gasteiger partial charge in [0.15, 0.2) is 0 Å². The first-order valence-electron chi connectivity index (χ1n) is 3.88. The van der Waals surface area contributed by atoms with E-state index >= 15 is 0 Å². The second-order valence-corrected chi connectivity index (χ2v) is 3.82. The van der Waals surface area contributed by atoms with Crippen LogP contribution in [0.5, 0.6) is 0 Å². The van der Waals surface area contributed by atoms with E-state index in [1.807, 2.05) is 26.8 Å². The van der Waals surface area contributed by atoms with E-state index in [1.54, 1.807) is 0 Å². The molecule has 1 heterocycles. The molecule has 1 atom stereocenters. The highest BCUT2D eigenvalue weighted by Gasteiger charge is 2.32. The second kappa shape index (κ2) is 2.50. The summed E-state index contributed by atoms with van der Waals surface area (Å²) in [6.45, 7) is 5.88. The molecule has 0 saturated heterocycles. The lowest BCUT2D eigenvalue weighted by molar-refractivity contribution is -0.182. The summed E-state index contributed by atoms with van der Waals surface area (Å²) < 4.78 is 0. The molecule has 1 unspecified atom stereocenters. The van der Waals surface area contributed by atoms with Gasteiger partial charge in [-0.1, -0.05) is 0 Å². The first-order chi connectivity index (χ1) is 4.93. The standard InChI is InChI=1S/C8H16N2O/c1-6-4-7(9)5-8(2,3)10(6)11/h4,6,11H,5,9H2,1-3H3. The van der Waals surface area contributed by atoms with E-state index < -0.39 is 0 Å². The van der Waals surface area contributed by atoms with Gasteiger partial charge in [-0.3, -0.25) is 0 Å². The topological polar surface area (TPSA) is 49.5 Å². The Morgan fingerprint density at radius 1 is 1.73 bits per heavy atom. The van der Waals surface area contributed by atoms with Crippen LogP contribution in [-0.4, -0.2) is 21.9 Å². The van der Waals surface area contributed by atoms with E-state index in [1.165, 1.54) is 5.06 Å². The van der Waals surface area contributed by atoms with Gasteiger partial charge < -0.3 is 10.9 Å². The van der Waals surface area contributed by atoms with E-state index in [9.17, 15) is 5.21 Å². The lowest BCUT2D eigenvalue weighted by Gasteiger charge is -2.40. The Hall–Kier alpha value is -0.540. The summed E-state index contributed by atoms with van der Waals surface area (Å²) in [6, 6.07) is 0.0266. The molecule has 0 spiro atoms. The summed E-state index contributed by atoms with van der Waals surface area (Å²) in [5.41, 5.74) is 6.33. The number of hydroxylamine groups is 2. The van der Waals surface area contributed by atoms with Crippen LogP contribution in [0.4, 0.5) is 0 Å². The maximum Gasteiger partial charge on any atom is 0.0527 e. The molecular formula is C8H16N2O. The van der Waals surface area contributed by atoms with Crippen molar-refractivity contribution in [3.8, 4) is 0 Å². The number of hydrogen-bond donors (Lipinski definition) is 2. The minimum Gasteiger partial charge on any atom is -0.402 e. The van der Waals surface area contributed by atoms with Crippen LogP contribution in [-0.2, 0) is 0 Å². The Bertz CT molecular complexity index is 187. The maximum atomic E-state index is 9.56. The minimum atomic E-state index is -0.224. The van der Waals surface area contributed by atoms with Crippen molar-refractivity contribution in [1.29, 1.82) is 0 Å². The Balaban J connectivity index is 2.85. The highest BCUT2D eigenvalue weighted by Crippen LogP contribution is 2.26. The lowest BCUT2D eigenvalue weighted by Crippen LogP contribution is -2.49. The van der Waals surface area contributed by atoms with Crippen molar-refractivity contribution in [3.05, 3.63) is 11.8 Å². The fraction of sp³-hybridized carbons (Fsp3) is 0.750. The quantitative estimate of drug-likeness (QED) is 0.552. The van der Waals surface area contributed by atoms with E-state index in [2.05, 4.69) is 0 Å². The van der Waals surface area contributed by atoms with Crippen LogP contribution >= 0.6 is 0 Å². The fourth-order valence-corrected chi connectivity index (χ4v) is 1.57. The molecular weight excluding hydrogens is 140 g/mol. The third kappa shape index (κ3) is 1.54. The van der Waals surface area contributed by atoms with Gasteiger partial charge in [-0.2, -0.15) is 5.06 Å². The van der Waals surface area contributed by atoms with Gasteiger partial charge in [0, 0.05) is 17.7 Å². The molecule has 0 aromatic heterocycles. The molecule has 0 aliphatic carbocycles. The molecule has 3 heteroatoms. The summed E-state index contributed by atoms with van der Waals surface area (Å²) in [6.07, 6.45) is 2.61. The van der Waals surface area contributed by atoms with E-state index in [4.69, 9.17) is 5.73 Å². The molecule has 1 rings (SSSR count). The molecule has 0 aromatic carbocycles. The molecule has 0 radical (unpaired) electrons. The molecule has 64 valence electrons. The van der Waals surface area contributed by atoms with Gasteiger partial charge in [-0.25, -0.2) is 0 Å². The molecule has 0 fully saturated rings. The Morgan fingerprint density at radius 3 is 2.73 bits per heavy atom. The highest BCUT2D eigenvalue weighted by molar-refractivity contribution is 5.11. The van der Waals surface area contributed by atoms with E-state index in [0.717, 1.165) is 12.1 Å². The van der Waals surface area contributed by atoms with Crippen molar-refractivity contribution in [2.24, 2.45) is 5.73 Å². The van der Waals surface area contributed by atoms with Gasteiger partial charge in [-0.15, -0.1) is 0 Å². The largest absolute Gasteiger partial charge is 0.402 e. The van der Waals surface area contributed by atoms with Gasteiger partial charge in [0.05, 0.1) is 6.04 Å². The van der Waals surface area contributed by atoms with E-state index in [0.29, 0.717) is 0 Å². The summed E-state index contributed by atoms with van der Waals surface area (Å²) in [7, 11) is 0. The van der Waals surface area contributed by atoms with Gasteiger partial charge in [0.2, 0.25) is 0 Å². The van der Waals surface area contributed by atoms with Crippen LogP contribution in [0, 0.1) is 0 Å². The van der Waals surface area contributed by atoms with Crippen LogP contribution in [0.25, 0.3) is 0 Å². The van der Waals surface area contributed by atoms with Crippen molar-refractivity contribution in [2.45, 2.75) is 38.8 Å². The zero-order chi connectivity index (χ0) is 8.65. The van der Waals surface area contributed by atoms with Gasteiger partial charge >= 0.3 is 0 Å². The summed E-state index contributed by atoms with van der Waals surface area (Å²) in [5, 5.41) is 10.9. The lowest BCUT2D eigenvalue weighted by atomic mass is 9.92. The second-order valence-electron chi connectivity index (χ2n) is 3.82. The van der Waals surface area contributed by atoms with Crippen LogP contribution in [0.2, 0.25) is 0 Å². The zero-order valence-electron chi connectivity index (χ0n) is 7.33. The number of nitrogens with zero attached hydrogens (tertiary/aromatic N) is 1. The summed E-state index contributed by atoms with van der Waals surface area (Å²) >= 11 is 0. The zero-order valence-corrected chi connectivity index (χ0v) is 7.33. The van der Waals surface area contributed by atoms with Crippen LogP contribution in [0.3, 0.4) is 0 Å². The maximum absolute atomic E-state index is 9.56. The Labute approximate surface area is 67.4 Å².